The third kappa shape index (κ3) is 2.40. The van der Waals surface area contributed by atoms with Crippen molar-refractivity contribution in [1.82, 2.24) is 4.98 Å². The molecule has 0 atom stereocenters. The maximum Gasteiger partial charge on any atom is 0.371 e. The third-order valence-corrected chi connectivity index (χ3v) is 1.73. The minimum atomic E-state index is -1.66. The van der Waals surface area contributed by atoms with Crippen LogP contribution in [0.25, 0.3) is 0 Å². The van der Waals surface area contributed by atoms with Gasteiger partial charge in [-0.1, -0.05) is 0 Å². The van der Waals surface area contributed by atoms with Crippen LogP contribution < -0.4 is 0 Å². The Morgan fingerprint density at radius 1 is 1.12 bits per heavy atom. The summed E-state index contributed by atoms with van der Waals surface area (Å²) in [6.07, 6.45) is 1.53. The van der Waals surface area contributed by atoms with Crippen molar-refractivity contribution < 1.29 is 29.4 Å². The summed E-state index contributed by atoms with van der Waals surface area (Å²) in [6, 6.07) is 0. The predicted molar refractivity (Wildman–Crippen MR) is 49.4 cm³/mol. The molecule has 0 fully saturated rings. The van der Waals surface area contributed by atoms with E-state index in [1.54, 1.807) is 0 Å². The van der Waals surface area contributed by atoms with E-state index < -0.39 is 34.6 Å². The summed E-state index contributed by atoms with van der Waals surface area (Å²) >= 11 is 0. The van der Waals surface area contributed by atoms with E-state index in [2.05, 4.69) is 9.82 Å². The van der Waals surface area contributed by atoms with Crippen molar-refractivity contribution in [1.29, 1.82) is 0 Å². The van der Waals surface area contributed by atoms with Crippen LogP contribution in [0.15, 0.2) is 17.7 Å². The molecule has 2 N–H and O–H groups in total. The van der Waals surface area contributed by atoms with Crippen LogP contribution in [0.2, 0.25) is 0 Å². The Kier molecular flexibility index (Phi) is 3.44. The van der Waals surface area contributed by atoms with Crippen LogP contribution in [-0.2, 0) is 4.84 Å². The number of aromatic carboxylic acids is 2. The minimum Gasteiger partial charge on any atom is -0.478 e. The number of rotatable bonds is 4. The normalized spacial score (nSPS) is 9.41. The monoisotopic (exact) mass is 240 g/mol. The molecular formula is C8H4N2O7. The molecule has 0 saturated heterocycles. The minimum absolute atomic E-state index is 0.669. The lowest BCUT2D eigenvalue weighted by Crippen LogP contribution is -2.16. The number of carbonyl (C=O) groups is 3. The van der Waals surface area contributed by atoms with Crippen molar-refractivity contribution >= 4 is 17.9 Å². The van der Waals surface area contributed by atoms with Gasteiger partial charge in [0.25, 0.3) is 0 Å². The topological polar surface area (TPSA) is 143 Å². The number of hydrogen-bond donors (Lipinski definition) is 2. The molecule has 0 aliphatic carbocycles. The fourth-order valence-electron chi connectivity index (χ4n) is 1.09. The van der Waals surface area contributed by atoms with E-state index in [1.165, 1.54) is 0 Å². The molecule has 1 aromatic heterocycles. The summed E-state index contributed by atoms with van der Waals surface area (Å²) in [6.45, 7) is 0. The van der Waals surface area contributed by atoms with Crippen molar-refractivity contribution in [3.05, 3.63) is 34.0 Å². The van der Waals surface area contributed by atoms with Gasteiger partial charge in [-0.3, -0.25) is 9.82 Å². The third-order valence-electron chi connectivity index (χ3n) is 1.73. The zero-order chi connectivity index (χ0) is 13.0. The summed E-state index contributed by atoms with van der Waals surface area (Å²) in [7, 11) is 0. The smallest absolute Gasteiger partial charge is 0.371 e. The molecule has 0 aliphatic rings. The lowest BCUT2D eigenvalue weighted by Gasteiger charge is -2.04. The lowest BCUT2D eigenvalue weighted by molar-refractivity contribution is 0.0496. The van der Waals surface area contributed by atoms with Crippen LogP contribution in [0, 0.1) is 4.91 Å². The van der Waals surface area contributed by atoms with Gasteiger partial charge >= 0.3 is 17.9 Å². The fourth-order valence-corrected chi connectivity index (χ4v) is 1.09. The highest BCUT2D eigenvalue weighted by Crippen LogP contribution is 2.15. The number of hydrogen-bond acceptors (Lipinski definition) is 7. The van der Waals surface area contributed by atoms with E-state index in [9.17, 15) is 19.3 Å². The van der Waals surface area contributed by atoms with E-state index in [0.717, 1.165) is 12.4 Å². The second-order valence-electron chi connectivity index (χ2n) is 2.67. The zero-order valence-electron chi connectivity index (χ0n) is 7.98. The Bertz CT molecular complexity index is 511. The van der Waals surface area contributed by atoms with Crippen molar-refractivity contribution in [2.75, 3.05) is 0 Å². The van der Waals surface area contributed by atoms with Gasteiger partial charge in [-0.25, -0.2) is 14.4 Å². The van der Waals surface area contributed by atoms with Crippen molar-refractivity contribution in [2.24, 2.45) is 5.34 Å². The predicted octanol–water partition coefficient (Wildman–Crippen LogP) is 0.316. The van der Waals surface area contributed by atoms with Crippen LogP contribution in [0.5, 0.6) is 0 Å². The first-order valence-electron chi connectivity index (χ1n) is 3.97. The van der Waals surface area contributed by atoms with Gasteiger partial charge < -0.3 is 10.2 Å². The van der Waals surface area contributed by atoms with E-state index in [1.807, 2.05) is 5.34 Å². The van der Waals surface area contributed by atoms with Crippen LogP contribution >= 0.6 is 0 Å². The van der Waals surface area contributed by atoms with Gasteiger partial charge in [-0.05, 0) is 0 Å². The summed E-state index contributed by atoms with van der Waals surface area (Å²) in [5.74, 6) is -4.64. The van der Waals surface area contributed by atoms with Gasteiger partial charge in [0.15, 0.2) is 5.34 Å². The molecule has 0 spiro atoms. The maximum atomic E-state index is 11.1. The van der Waals surface area contributed by atoms with E-state index >= 15 is 0 Å². The molecule has 0 saturated carbocycles. The number of carboxylic acids is 2. The van der Waals surface area contributed by atoms with E-state index in [4.69, 9.17) is 10.2 Å². The molecular weight excluding hydrogens is 236 g/mol. The highest BCUT2D eigenvalue weighted by molar-refractivity contribution is 6.09. The SMILES string of the molecule is O=NOC(=O)c1cncc(C(=O)O)c1C(=O)O. The molecule has 1 rings (SSSR count). The first-order valence-corrected chi connectivity index (χ1v) is 3.97. The summed E-state index contributed by atoms with van der Waals surface area (Å²) < 4.78 is 0. The maximum absolute atomic E-state index is 11.1. The number of nitrogens with zero attached hydrogens (tertiary/aromatic N) is 2. The van der Waals surface area contributed by atoms with Crippen LogP contribution in [-0.4, -0.2) is 33.1 Å². The van der Waals surface area contributed by atoms with Gasteiger partial charge in [-0.15, -0.1) is 4.91 Å². The molecule has 1 heterocycles. The first-order chi connectivity index (χ1) is 7.99. The Morgan fingerprint density at radius 3 is 2.18 bits per heavy atom. The second kappa shape index (κ2) is 4.79. The average molecular weight is 240 g/mol. The van der Waals surface area contributed by atoms with Crippen LogP contribution in [0.1, 0.15) is 31.1 Å². The fraction of sp³-hybridized carbons (Fsp3) is 0. The Morgan fingerprint density at radius 2 is 1.71 bits per heavy atom. The molecule has 9 heteroatoms. The van der Waals surface area contributed by atoms with Gasteiger partial charge in [0.05, 0.1) is 16.7 Å². The number of pyridine rings is 1. The molecule has 0 aromatic carbocycles. The molecule has 88 valence electrons. The highest BCUT2D eigenvalue weighted by Gasteiger charge is 2.25. The summed E-state index contributed by atoms with van der Waals surface area (Å²) in [4.78, 5) is 49.5. The highest BCUT2D eigenvalue weighted by atomic mass is 16.7. The van der Waals surface area contributed by atoms with Crippen molar-refractivity contribution in [2.45, 2.75) is 0 Å². The molecule has 0 amide bonds. The van der Waals surface area contributed by atoms with Crippen molar-refractivity contribution in [3.8, 4) is 0 Å². The molecule has 0 aliphatic heterocycles. The van der Waals surface area contributed by atoms with Crippen LogP contribution in [0.4, 0.5) is 0 Å². The Labute approximate surface area is 92.6 Å². The molecule has 0 unspecified atom stereocenters. The zero-order valence-corrected chi connectivity index (χ0v) is 7.98. The van der Waals surface area contributed by atoms with E-state index in [0.29, 0.717) is 0 Å². The quantitative estimate of drug-likeness (QED) is 0.565. The number of carboxylic acid groups (broad SMARTS) is 2. The van der Waals surface area contributed by atoms with Gasteiger partial charge in [-0.2, -0.15) is 0 Å². The largest absolute Gasteiger partial charge is 0.478 e. The molecule has 0 bridgehead atoms. The Balaban J connectivity index is 3.45. The number of carbonyl (C=O) groups excluding carboxylic acids is 1. The van der Waals surface area contributed by atoms with Gasteiger partial charge in [0.2, 0.25) is 0 Å². The summed E-state index contributed by atoms with van der Waals surface area (Å²) in [5.41, 5.74) is -2.18. The second-order valence-corrected chi connectivity index (χ2v) is 2.67. The Hall–Kier alpha value is -2.84. The number of aromatic nitrogens is 1. The lowest BCUT2D eigenvalue weighted by atomic mass is 10.0. The van der Waals surface area contributed by atoms with Crippen LogP contribution in [0.3, 0.4) is 0 Å². The van der Waals surface area contributed by atoms with Gasteiger partial charge in [0.1, 0.15) is 0 Å². The molecule has 9 nitrogen and oxygen atoms in total. The summed E-state index contributed by atoms with van der Waals surface area (Å²) in [5, 5.41) is 19.3. The molecule has 0 radical (unpaired) electrons. The van der Waals surface area contributed by atoms with Gasteiger partial charge in [0, 0.05) is 12.4 Å². The van der Waals surface area contributed by atoms with Crippen molar-refractivity contribution in [3.63, 3.8) is 0 Å². The average Bonchev–Trinajstić information content (AvgIpc) is 2.28. The first kappa shape index (κ1) is 12.2. The molecule has 17 heavy (non-hydrogen) atoms. The molecule has 1 aromatic rings. The van der Waals surface area contributed by atoms with E-state index in [-0.39, 0.29) is 0 Å². The standard InChI is InChI=1S/C8H4N2O7/c11-6(12)3-1-9-2-4(5(3)7(13)14)8(15)17-10-16/h1-2H,(H,11,12)(H,13,14).